The van der Waals surface area contributed by atoms with Gasteiger partial charge in [0.05, 0.1) is 6.33 Å². The number of hydrogen-bond donors (Lipinski definition) is 1. The van der Waals surface area contributed by atoms with Crippen LogP contribution in [0.2, 0.25) is 0 Å². The minimum atomic E-state index is -0.196. The van der Waals surface area contributed by atoms with Gasteiger partial charge in [-0.1, -0.05) is 0 Å². The van der Waals surface area contributed by atoms with E-state index in [9.17, 15) is 4.79 Å². The van der Waals surface area contributed by atoms with E-state index in [1.165, 1.54) is 19.3 Å². The lowest BCUT2D eigenvalue weighted by Gasteiger charge is -2.28. The average Bonchev–Trinajstić information content (AvgIpc) is 2.05. The Labute approximate surface area is 76.4 Å². The third-order valence-electron chi connectivity index (χ3n) is 2.60. The summed E-state index contributed by atoms with van der Waals surface area (Å²) in [6.45, 7) is 0.277. The molecule has 0 radical (unpaired) electrons. The SMILES string of the molecule is NCc1cn(C2CCC2)cnc1=O. The molecule has 0 amide bonds. The maximum absolute atomic E-state index is 11.1. The molecule has 4 heteroatoms. The van der Waals surface area contributed by atoms with Crippen LogP contribution >= 0.6 is 0 Å². The predicted molar refractivity (Wildman–Crippen MR) is 49.3 cm³/mol. The van der Waals surface area contributed by atoms with Crippen LogP contribution < -0.4 is 11.3 Å². The van der Waals surface area contributed by atoms with Crippen LogP contribution in [0.1, 0.15) is 30.9 Å². The summed E-state index contributed by atoms with van der Waals surface area (Å²) in [6, 6.07) is 0.540. The van der Waals surface area contributed by atoms with E-state index < -0.39 is 0 Å². The Bertz CT molecular complexity index is 354. The van der Waals surface area contributed by atoms with Crippen molar-refractivity contribution >= 4 is 0 Å². The van der Waals surface area contributed by atoms with E-state index in [1.54, 1.807) is 6.33 Å². The molecule has 1 heterocycles. The maximum Gasteiger partial charge on any atom is 0.277 e. The lowest BCUT2D eigenvalue weighted by Crippen LogP contribution is -2.23. The van der Waals surface area contributed by atoms with Gasteiger partial charge in [0.15, 0.2) is 0 Å². The van der Waals surface area contributed by atoms with Crippen LogP contribution in [0.5, 0.6) is 0 Å². The lowest BCUT2D eigenvalue weighted by atomic mass is 9.93. The second kappa shape index (κ2) is 3.30. The van der Waals surface area contributed by atoms with Crippen LogP contribution in [0.3, 0.4) is 0 Å². The summed E-state index contributed by atoms with van der Waals surface area (Å²) in [5.74, 6) is 0. The van der Waals surface area contributed by atoms with Gasteiger partial charge in [0.2, 0.25) is 0 Å². The van der Waals surface area contributed by atoms with Gasteiger partial charge in [-0.15, -0.1) is 0 Å². The smallest absolute Gasteiger partial charge is 0.277 e. The molecule has 2 N–H and O–H groups in total. The predicted octanol–water partition coefficient (Wildman–Crippen LogP) is 0.427. The molecule has 1 aromatic heterocycles. The first kappa shape index (κ1) is 8.44. The maximum atomic E-state index is 11.1. The molecule has 1 saturated carbocycles. The number of nitrogens with two attached hydrogens (primary N) is 1. The van der Waals surface area contributed by atoms with Crippen molar-refractivity contribution in [3.63, 3.8) is 0 Å². The van der Waals surface area contributed by atoms with Crippen molar-refractivity contribution in [1.82, 2.24) is 9.55 Å². The monoisotopic (exact) mass is 179 g/mol. The summed E-state index contributed by atoms with van der Waals surface area (Å²) in [4.78, 5) is 14.9. The number of nitrogens with zero attached hydrogens (tertiary/aromatic N) is 2. The van der Waals surface area contributed by atoms with E-state index in [4.69, 9.17) is 5.73 Å². The molecule has 1 aromatic rings. The Kier molecular flexibility index (Phi) is 2.14. The van der Waals surface area contributed by atoms with Gasteiger partial charge >= 0.3 is 0 Å². The highest BCUT2D eigenvalue weighted by molar-refractivity contribution is 5.04. The van der Waals surface area contributed by atoms with E-state index in [0.29, 0.717) is 11.6 Å². The van der Waals surface area contributed by atoms with Gasteiger partial charge in [-0.05, 0) is 19.3 Å². The van der Waals surface area contributed by atoms with Crippen LogP contribution in [0.4, 0.5) is 0 Å². The first-order chi connectivity index (χ1) is 6.31. The summed E-state index contributed by atoms with van der Waals surface area (Å²) >= 11 is 0. The summed E-state index contributed by atoms with van der Waals surface area (Å²) in [7, 11) is 0. The highest BCUT2D eigenvalue weighted by atomic mass is 16.1. The second-order valence-corrected chi connectivity index (χ2v) is 3.44. The molecule has 70 valence electrons. The molecule has 0 aliphatic heterocycles. The standard InChI is InChI=1S/C9H13N3O/c10-4-7-5-12(6-11-9(7)13)8-2-1-3-8/h5-6,8H,1-4,10H2. The van der Waals surface area contributed by atoms with Gasteiger partial charge in [-0.25, -0.2) is 0 Å². The zero-order valence-corrected chi connectivity index (χ0v) is 7.44. The van der Waals surface area contributed by atoms with Crippen molar-refractivity contribution in [2.24, 2.45) is 5.73 Å². The van der Waals surface area contributed by atoms with E-state index in [1.807, 2.05) is 10.8 Å². The minimum Gasteiger partial charge on any atom is -0.335 e. The molecule has 0 saturated heterocycles. The summed E-state index contributed by atoms with van der Waals surface area (Å²) < 4.78 is 2.01. The zero-order valence-electron chi connectivity index (χ0n) is 7.44. The van der Waals surface area contributed by atoms with Gasteiger partial charge < -0.3 is 10.3 Å². The summed E-state index contributed by atoms with van der Waals surface area (Å²) in [5, 5.41) is 0. The Morgan fingerprint density at radius 3 is 2.92 bits per heavy atom. The van der Waals surface area contributed by atoms with Gasteiger partial charge in [0.1, 0.15) is 0 Å². The highest BCUT2D eigenvalue weighted by Gasteiger charge is 2.18. The summed E-state index contributed by atoms with van der Waals surface area (Å²) in [6.07, 6.45) is 7.10. The molecule has 0 atom stereocenters. The Morgan fingerprint density at radius 2 is 2.38 bits per heavy atom. The molecule has 4 nitrogen and oxygen atoms in total. The van der Waals surface area contributed by atoms with Crippen LogP contribution in [0, 0.1) is 0 Å². The third kappa shape index (κ3) is 1.49. The molecule has 0 unspecified atom stereocenters. The fourth-order valence-corrected chi connectivity index (χ4v) is 1.50. The molecule has 2 rings (SSSR count). The molecule has 13 heavy (non-hydrogen) atoms. The van der Waals surface area contributed by atoms with Crippen LogP contribution in [-0.4, -0.2) is 9.55 Å². The topological polar surface area (TPSA) is 60.9 Å². The van der Waals surface area contributed by atoms with Crippen molar-refractivity contribution in [1.29, 1.82) is 0 Å². The van der Waals surface area contributed by atoms with E-state index in [0.717, 1.165) is 0 Å². The van der Waals surface area contributed by atoms with E-state index in [2.05, 4.69) is 4.98 Å². The summed E-state index contributed by atoms with van der Waals surface area (Å²) in [5.41, 5.74) is 5.84. The Hall–Kier alpha value is -1.16. The van der Waals surface area contributed by atoms with Crippen molar-refractivity contribution in [2.75, 3.05) is 0 Å². The third-order valence-corrected chi connectivity index (χ3v) is 2.60. The fourth-order valence-electron chi connectivity index (χ4n) is 1.50. The van der Waals surface area contributed by atoms with Crippen molar-refractivity contribution in [3.8, 4) is 0 Å². The lowest BCUT2D eigenvalue weighted by molar-refractivity contribution is 0.308. The second-order valence-electron chi connectivity index (χ2n) is 3.44. The Balaban J connectivity index is 2.32. The largest absolute Gasteiger partial charge is 0.335 e. The van der Waals surface area contributed by atoms with Crippen molar-refractivity contribution in [3.05, 3.63) is 28.4 Å². The molecule has 1 fully saturated rings. The minimum absolute atomic E-state index is 0.196. The van der Waals surface area contributed by atoms with Gasteiger partial charge in [0.25, 0.3) is 5.56 Å². The number of rotatable bonds is 2. The molecule has 0 aromatic carbocycles. The highest BCUT2D eigenvalue weighted by Crippen LogP contribution is 2.30. The number of aromatic nitrogens is 2. The first-order valence-corrected chi connectivity index (χ1v) is 4.58. The molecule has 1 aliphatic rings. The first-order valence-electron chi connectivity index (χ1n) is 4.58. The fraction of sp³-hybridized carbons (Fsp3) is 0.556. The van der Waals surface area contributed by atoms with Crippen LogP contribution in [0.25, 0.3) is 0 Å². The van der Waals surface area contributed by atoms with E-state index >= 15 is 0 Å². The van der Waals surface area contributed by atoms with Crippen LogP contribution in [0.15, 0.2) is 17.3 Å². The molecule has 1 aliphatic carbocycles. The molecule has 0 bridgehead atoms. The van der Waals surface area contributed by atoms with Gasteiger partial charge in [0, 0.05) is 24.3 Å². The van der Waals surface area contributed by atoms with Crippen LogP contribution in [-0.2, 0) is 6.54 Å². The Morgan fingerprint density at radius 1 is 1.62 bits per heavy atom. The van der Waals surface area contributed by atoms with Crippen molar-refractivity contribution in [2.45, 2.75) is 31.8 Å². The average molecular weight is 179 g/mol. The molecular formula is C9H13N3O. The van der Waals surface area contributed by atoms with Gasteiger partial charge in [-0.2, -0.15) is 4.98 Å². The van der Waals surface area contributed by atoms with Crippen molar-refractivity contribution < 1.29 is 0 Å². The van der Waals surface area contributed by atoms with Gasteiger partial charge in [-0.3, -0.25) is 4.79 Å². The quantitative estimate of drug-likeness (QED) is 0.716. The normalized spacial score (nSPS) is 17.0. The number of hydrogen-bond acceptors (Lipinski definition) is 3. The molecule has 0 spiro atoms. The molecular weight excluding hydrogens is 166 g/mol. The van der Waals surface area contributed by atoms with E-state index in [-0.39, 0.29) is 12.1 Å². The zero-order chi connectivity index (χ0) is 9.26.